The number of halogens is 3. The zero-order valence-corrected chi connectivity index (χ0v) is 30.2. The summed E-state index contributed by atoms with van der Waals surface area (Å²) in [5.41, 5.74) is 0. The molecule has 0 radical (unpaired) electrons. The molecule has 0 aliphatic heterocycles. The number of benzene rings is 5. The molecule has 1 nitrogen and oxygen atoms in total. The SMILES string of the molecule is CC(C)(C)[Si](OC[C@@H]1C[C@@H]1/C=[C](\C(F)(F)F)[Ge]([c]1ccccc1)([c]1ccccc1)[c]1ccccc1)(c1ccccc1)c1ccccc1. The molecule has 6 rings (SSSR count). The van der Waals surface area contributed by atoms with Gasteiger partial charge in [-0.3, -0.25) is 0 Å². The number of hydrogen-bond acceptors (Lipinski definition) is 1. The first-order chi connectivity index (χ1) is 22.6. The van der Waals surface area contributed by atoms with Crippen LogP contribution < -0.4 is 23.6 Å². The molecule has 0 aromatic heterocycles. The Morgan fingerprint density at radius 1 is 0.638 bits per heavy atom. The molecule has 0 heterocycles. The summed E-state index contributed by atoms with van der Waals surface area (Å²) in [5, 5.41) is 2.15. The average Bonchev–Trinajstić information content (AvgIpc) is 3.84. The van der Waals surface area contributed by atoms with Crippen molar-refractivity contribution in [2.45, 2.75) is 38.4 Å². The topological polar surface area (TPSA) is 9.23 Å². The fourth-order valence-corrected chi connectivity index (χ4v) is 22.2. The van der Waals surface area contributed by atoms with Crippen LogP contribution in [0.5, 0.6) is 0 Å². The van der Waals surface area contributed by atoms with Crippen LogP contribution in [0.1, 0.15) is 27.2 Å². The summed E-state index contributed by atoms with van der Waals surface area (Å²) in [5.74, 6) is -0.206. The van der Waals surface area contributed by atoms with E-state index in [4.69, 9.17) is 4.43 Å². The molecule has 0 bridgehead atoms. The quantitative estimate of drug-likeness (QED) is 0.138. The predicted octanol–water partition coefficient (Wildman–Crippen LogP) is 7.40. The van der Waals surface area contributed by atoms with Gasteiger partial charge in [0.2, 0.25) is 0 Å². The van der Waals surface area contributed by atoms with E-state index in [2.05, 4.69) is 69.3 Å². The van der Waals surface area contributed by atoms with Crippen molar-refractivity contribution in [3.63, 3.8) is 0 Å². The van der Waals surface area contributed by atoms with Crippen molar-refractivity contribution >= 4 is 45.1 Å². The van der Waals surface area contributed by atoms with E-state index in [-0.39, 0.29) is 21.3 Å². The first-order valence-electron chi connectivity index (χ1n) is 16.3. The molecule has 0 N–H and O–H groups in total. The van der Waals surface area contributed by atoms with Gasteiger partial charge < -0.3 is 0 Å². The Morgan fingerprint density at radius 2 is 1.00 bits per heavy atom. The number of rotatable bonds is 10. The van der Waals surface area contributed by atoms with E-state index in [0.717, 1.165) is 13.2 Å². The third-order valence-electron chi connectivity index (χ3n) is 9.62. The fraction of sp³-hybridized carbons (Fsp3) is 0.220. The first kappa shape index (κ1) is 33.3. The van der Waals surface area contributed by atoms with E-state index >= 15 is 13.2 Å². The molecule has 47 heavy (non-hydrogen) atoms. The summed E-state index contributed by atoms with van der Waals surface area (Å²) >= 11 is -4.50. The van der Waals surface area contributed by atoms with Gasteiger partial charge in [0.15, 0.2) is 0 Å². The van der Waals surface area contributed by atoms with Crippen LogP contribution in [-0.2, 0) is 4.43 Å². The van der Waals surface area contributed by atoms with Crippen LogP contribution in [0.4, 0.5) is 13.2 Å². The van der Waals surface area contributed by atoms with Gasteiger partial charge in [-0.25, -0.2) is 0 Å². The minimum absolute atomic E-state index is 0.0106. The van der Waals surface area contributed by atoms with Crippen LogP contribution in [-0.4, -0.2) is 34.4 Å². The molecule has 1 fully saturated rings. The van der Waals surface area contributed by atoms with Gasteiger partial charge in [0, 0.05) is 0 Å². The number of hydrogen-bond donors (Lipinski definition) is 0. The molecular formula is C41H41F3GeOSi. The first-order valence-corrected chi connectivity index (χ1v) is 22.4. The monoisotopic (exact) mass is 708 g/mol. The Balaban J connectivity index is 1.44. The molecular weight excluding hydrogens is 666 g/mol. The van der Waals surface area contributed by atoms with Crippen molar-refractivity contribution < 1.29 is 17.6 Å². The van der Waals surface area contributed by atoms with Crippen molar-refractivity contribution in [1.82, 2.24) is 0 Å². The number of allylic oxidation sites excluding steroid dienone is 2. The Bertz CT molecular complexity index is 1630. The second kappa shape index (κ2) is 13.5. The molecule has 5 aromatic rings. The molecule has 0 amide bonds. The van der Waals surface area contributed by atoms with E-state index in [1.807, 2.05) is 103 Å². The van der Waals surface area contributed by atoms with Crippen molar-refractivity contribution in [3.05, 3.63) is 162 Å². The molecule has 2 atom stereocenters. The summed E-state index contributed by atoms with van der Waals surface area (Å²) in [6.07, 6.45) is -2.23. The average molecular weight is 707 g/mol. The van der Waals surface area contributed by atoms with Crippen LogP contribution >= 0.6 is 0 Å². The van der Waals surface area contributed by atoms with E-state index < -0.39 is 27.8 Å². The van der Waals surface area contributed by atoms with Gasteiger partial charge >= 0.3 is 282 Å². The maximum atomic E-state index is 15.7. The third kappa shape index (κ3) is 6.46. The van der Waals surface area contributed by atoms with Crippen LogP contribution in [0.15, 0.2) is 162 Å². The molecule has 5 aromatic carbocycles. The van der Waals surface area contributed by atoms with Gasteiger partial charge in [0.05, 0.1) is 0 Å². The standard InChI is InChI=1S/C41H41F3GeOSi/c1-40(2,3)47(37-25-15-7-16-26-37,38-27-17-8-18-28-38)46-31-33-29-32(33)30-39(41(42,43)44)45(34-19-9-4-10-20-34,35-21-11-5-12-22-35)36-23-13-6-14-24-36/h4-28,30,32-33H,29,31H2,1-3H3/b39-30+/t32-,33+/m1/s1. The summed E-state index contributed by atoms with van der Waals surface area (Å²) in [7, 11) is -2.80. The molecule has 1 saturated carbocycles. The molecule has 240 valence electrons. The van der Waals surface area contributed by atoms with Crippen molar-refractivity contribution in [2.75, 3.05) is 6.61 Å². The van der Waals surface area contributed by atoms with Crippen molar-refractivity contribution in [1.29, 1.82) is 0 Å². The normalized spacial score (nSPS) is 17.4. The molecule has 1 aliphatic carbocycles. The van der Waals surface area contributed by atoms with Crippen LogP contribution in [0.3, 0.4) is 0 Å². The van der Waals surface area contributed by atoms with Gasteiger partial charge in [-0.2, -0.15) is 0 Å². The van der Waals surface area contributed by atoms with E-state index in [0.29, 0.717) is 13.0 Å². The zero-order chi connectivity index (χ0) is 33.1. The Hall–Kier alpha value is -3.65. The van der Waals surface area contributed by atoms with E-state index in [1.54, 1.807) is 6.08 Å². The summed E-state index contributed by atoms with van der Waals surface area (Å²) in [6.45, 7) is 7.11. The third-order valence-corrected chi connectivity index (χ3v) is 24.8. The molecule has 0 spiro atoms. The van der Waals surface area contributed by atoms with Gasteiger partial charge in [0.25, 0.3) is 0 Å². The van der Waals surface area contributed by atoms with Gasteiger partial charge in [-0.1, -0.05) is 0 Å². The van der Waals surface area contributed by atoms with Crippen LogP contribution in [0.2, 0.25) is 5.04 Å². The molecule has 6 heteroatoms. The summed E-state index contributed by atoms with van der Waals surface area (Å²) in [4.78, 5) is 0. The maximum absolute atomic E-state index is 15.7. The van der Waals surface area contributed by atoms with Crippen LogP contribution in [0, 0.1) is 11.8 Å². The second-order valence-corrected chi connectivity index (χ2v) is 25.8. The fourth-order valence-electron chi connectivity index (χ4n) is 7.34. The van der Waals surface area contributed by atoms with Gasteiger partial charge in [-0.05, 0) is 0 Å². The second-order valence-electron chi connectivity index (χ2n) is 13.6. The molecule has 0 saturated heterocycles. The van der Waals surface area contributed by atoms with E-state index in [9.17, 15) is 0 Å². The van der Waals surface area contributed by atoms with Gasteiger partial charge in [-0.15, -0.1) is 0 Å². The molecule has 0 unspecified atom stereocenters. The summed E-state index contributed by atoms with van der Waals surface area (Å²) < 4.78 is 56.3. The number of alkyl halides is 3. The Labute approximate surface area is 280 Å². The van der Waals surface area contributed by atoms with E-state index in [1.165, 1.54) is 10.4 Å². The van der Waals surface area contributed by atoms with Crippen LogP contribution in [0.25, 0.3) is 0 Å². The minimum atomic E-state index is -4.51. The summed E-state index contributed by atoms with van der Waals surface area (Å²) in [6, 6.07) is 49.1. The van der Waals surface area contributed by atoms with Crippen molar-refractivity contribution in [2.24, 2.45) is 11.8 Å². The Morgan fingerprint density at radius 3 is 1.34 bits per heavy atom. The molecule has 1 aliphatic rings. The zero-order valence-electron chi connectivity index (χ0n) is 27.1. The van der Waals surface area contributed by atoms with Crippen molar-refractivity contribution in [3.8, 4) is 0 Å². The Kier molecular flexibility index (Phi) is 9.52. The predicted molar refractivity (Wildman–Crippen MR) is 193 cm³/mol. The van der Waals surface area contributed by atoms with Gasteiger partial charge in [0.1, 0.15) is 0 Å².